The molecule has 17 nitrogen and oxygen atoms in total. The number of nitrogens with two attached hydrogens (primary N) is 1. The van der Waals surface area contributed by atoms with Gasteiger partial charge in [0.15, 0.2) is 18.9 Å². The molecule has 3 aliphatic rings. The van der Waals surface area contributed by atoms with E-state index in [1.165, 1.54) is 0 Å². The lowest BCUT2D eigenvalue weighted by molar-refractivity contribution is -0.358. The molecule has 0 aromatic heterocycles. The maximum absolute atomic E-state index is 11.7. The third-order valence-electron chi connectivity index (χ3n) is 6.57. The molecule has 3 aliphatic heterocycles. The van der Waals surface area contributed by atoms with Crippen LogP contribution in [0.15, 0.2) is 0 Å². The van der Waals surface area contributed by atoms with Crippen molar-refractivity contribution in [2.24, 2.45) is 5.73 Å². The molecule has 0 radical (unpaired) electrons. The van der Waals surface area contributed by atoms with E-state index in [0.29, 0.717) is 0 Å². The molecule has 0 bridgehead atoms. The first-order chi connectivity index (χ1) is 17.4. The van der Waals surface area contributed by atoms with E-state index in [-0.39, 0.29) is 0 Å². The van der Waals surface area contributed by atoms with Gasteiger partial charge in [-0.15, -0.1) is 0 Å². The van der Waals surface area contributed by atoms with E-state index in [2.05, 4.69) is 5.32 Å². The van der Waals surface area contributed by atoms with Crippen molar-refractivity contribution < 1.29 is 74.4 Å². The van der Waals surface area contributed by atoms with Gasteiger partial charge in [0.05, 0.1) is 32.0 Å². The van der Waals surface area contributed by atoms with Crippen molar-refractivity contribution in [3.05, 3.63) is 0 Å². The van der Waals surface area contributed by atoms with Crippen molar-refractivity contribution in [2.75, 3.05) is 19.8 Å². The summed E-state index contributed by atoms with van der Waals surface area (Å²) in [7, 11) is 0. The van der Waals surface area contributed by atoms with E-state index in [9.17, 15) is 50.8 Å². The third-order valence-corrected chi connectivity index (χ3v) is 6.57. The number of aliphatic hydroxyl groups excluding tert-OH is 9. The number of hydrogen-bond acceptors (Lipinski definition) is 16. The number of amides is 1. The van der Waals surface area contributed by atoms with Crippen LogP contribution in [0.1, 0.15) is 6.92 Å². The Bertz CT molecular complexity index is 751. The first-order valence-electron chi connectivity index (χ1n) is 11.7. The average molecular weight is 545 g/mol. The zero-order valence-electron chi connectivity index (χ0n) is 19.8. The van der Waals surface area contributed by atoms with E-state index in [1.807, 2.05) is 0 Å². The van der Waals surface area contributed by atoms with Crippen LogP contribution in [0, 0.1) is 0 Å². The lowest BCUT2D eigenvalue weighted by Crippen LogP contribution is -2.69. The molecule has 1 amide bonds. The fraction of sp³-hybridized carbons (Fsp3) is 0.950. The largest absolute Gasteiger partial charge is 0.394 e. The SMILES string of the molecule is CC(=O)N[C@H]1[C@H](O[C@@H]2[C@@H](OC[C@H]3OC(O)[C@H](O)[C@@H](O)[C@@H]3O)O[C@H](CO)[C@@H](O)[C@@H]2O)O[C@H](CO)[C@@H](N)[C@@H]1O. The van der Waals surface area contributed by atoms with E-state index < -0.39 is 118 Å². The molecule has 17 heteroatoms. The van der Waals surface area contributed by atoms with Gasteiger partial charge < -0.3 is 80.7 Å². The van der Waals surface area contributed by atoms with Crippen LogP contribution >= 0.6 is 0 Å². The molecule has 0 aliphatic carbocycles. The fourth-order valence-corrected chi connectivity index (χ4v) is 4.39. The Morgan fingerprint density at radius 1 is 0.784 bits per heavy atom. The summed E-state index contributed by atoms with van der Waals surface area (Å²) in [5.74, 6) is -0.591. The summed E-state index contributed by atoms with van der Waals surface area (Å²) in [5, 5.41) is 92.6. The Morgan fingerprint density at radius 2 is 1.38 bits per heavy atom. The van der Waals surface area contributed by atoms with Crippen LogP contribution in [0.25, 0.3) is 0 Å². The molecule has 1 unspecified atom stereocenters. The van der Waals surface area contributed by atoms with E-state index in [4.69, 9.17) is 29.4 Å². The van der Waals surface area contributed by atoms with Crippen LogP contribution in [0.5, 0.6) is 0 Å². The maximum atomic E-state index is 11.7. The molecule has 0 spiro atoms. The highest BCUT2D eigenvalue weighted by Crippen LogP contribution is 2.30. The molecule has 0 saturated carbocycles. The van der Waals surface area contributed by atoms with E-state index in [1.54, 1.807) is 0 Å². The van der Waals surface area contributed by atoms with Crippen molar-refractivity contribution in [1.29, 1.82) is 0 Å². The minimum Gasteiger partial charge on any atom is -0.394 e. The predicted molar refractivity (Wildman–Crippen MR) is 115 cm³/mol. The van der Waals surface area contributed by atoms with Crippen LogP contribution in [0.3, 0.4) is 0 Å². The van der Waals surface area contributed by atoms with Crippen molar-refractivity contribution in [2.45, 2.75) is 98.9 Å². The first kappa shape index (κ1) is 30.4. The summed E-state index contributed by atoms with van der Waals surface area (Å²) in [5.41, 5.74) is 5.88. The topological polar surface area (TPSA) is 283 Å². The van der Waals surface area contributed by atoms with Gasteiger partial charge in [-0.3, -0.25) is 4.79 Å². The van der Waals surface area contributed by atoms with Crippen LogP contribution in [0.2, 0.25) is 0 Å². The Morgan fingerprint density at radius 3 is 1.97 bits per heavy atom. The summed E-state index contributed by atoms with van der Waals surface area (Å²) in [6.07, 6.45) is -20.7. The number of aliphatic hydroxyl groups is 9. The van der Waals surface area contributed by atoms with Crippen molar-refractivity contribution in [1.82, 2.24) is 5.32 Å². The molecule has 3 fully saturated rings. The molecular formula is C20H36N2O15. The highest BCUT2D eigenvalue weighted by atomic mass is 16.8. The van der Waals surface area contributed by atoms with Crippen molar-refractivity contribution in [3.8, 4) is 0 Å². The number of rotatable bonds is 8. The molecule has 3 saturated heterocycles. The normalized spacial score (nSPS) is 49.0. The Labute approximate surface area is 210 Å². The number of hydrogen-bond donors (Lipinski definition) is 11. The Hall–Kier alpha value is -1.13. The van der Waals surface area contributed by atoms with Crippen LogP contribution in [-0.2, 0) is 28.5 Å². The summed E-state index contributed by atoms with van der Waals surface area (Å²) in [6, 6.07) is -2.41. The van der Waals surface area contributed by atoms with E-state index in [0.717, 1.165) is 6.92 Å². The summed E-state index contributed by atoms with van der Waals surface area (Å²) in [4.78, 5) is 11.7. The van der Waals surface area contributed by atoms with Crippen LogP contribution < -0.4 is 11.1 Å². The summed E-state index contributed by atoms with van der Waals surface area (Å²) in [6.45, 7) is -0.813. The highest BCUT2D eigenvalue weighted by molar-refractivity contribution is 5.73. The zero-order chi connectivity index (χ0) is 27.6. The zero-order valence-corrected chi connectivity index (χ0v) is 19.8. The van der Waals surface area contributed by atoms with Crippen LogP contribution in [-0.4, -0.2) is 164 Å². The quantitative estimate of drug-likeness (QED) is 0.135. The maximum Gasteiger partial charge on any atom is 0.217 e. The number of ether oxygens (including phenoxy) is 5. The number of nitrogens with one attached hydrogen (secondary N) is 1. The lowest BCUT2D eigenvalue weighted by atomic mass is 9.94. The molecule has 3 rings (SSSR count). The summed E-state index contributed by atoms with van der Waals surface area (Å²) < 4.78 is 27.4. The average Bonchev–Trinajstić information content (AvgIpc) is 2.86. The fourth-order valence-electron chi connectivity index (χ4n) is 4.39. The number of carbonyl (C=O) groups is 1. The minimum absolute atomic E-state index is 0.591. The minimum atomic E-state index is -1.85. The van der Waals surface area contributed by atoms with E-state index >= 15 is 0 Å². The third kappa shape index (κ3) is 6.55. The van der Waals surface area contributed by atoms with Gasteiger partial charge >= 0.3 is 0 Å². The molecule has 3 heterocycles. The Balaban J connectivity index is 1.80. The Kier molecular flexibility index (Phi) is 10.5. The monoisotopic (exact) mass is 544 g/mol. The molecule has 216 valence electrons. The van der Waals surface area contributed by atoms with Gasteiger partial charge in [-0.1, -0.05) is 0 Å². The molecule has 0 aromatic carbocycles. The van der Waals surface area contributed by atoms with Gasteiger partial charge in [-0.2, -0.15) is 0 Å². The van der Waals surface area contributed by atoms with Gasteiger partial charge in [-0.05, 0) is 0 Å². The van der Waals surface area contributed by atoms with Crippen molar-refractivity contribution >= 4 is 5.91 Å². The second kappa shape index (κ2) is 12.8. The number of carbonyl (C=O) groups excluding carboxylic acids is 1. The summed E-state index contributed by atoms with van der Waals surface area (Å²) >= 11 is 0. The van der Waals surface area contributed by atoms with Gasteiger partial charge in [0.25, 0.3) is 0 Å². The first-order valence-corrected chi connectivity index (χ1v) is 11.7. The van der Waals surface area contributed by atoms with Crippen LogP contribution in [0.4, 0.5) is 0 Å². The predicted octanol–water partition coefficient (Wildman–Crippen LogP) is -7.46. The van der Waals surface area contributed by atoms with Crippen molar-refractivity contribution in [3.63, 3.8) is 0 Å². The van der Waals surface area contributed by atoms with Gasteiger partial charge in [0, 0.05) is 6.92 Å². The smallest absolute Gasteiger partial charge is 0.217 e. The van der Waals surface area contributed by atoms with Gasteiger partial charge in [0.2, 0.25) is 5.91 Å². The standard InChI is InChI=1S/C20H36N2O15/c1-5(25)22-10-13(28)9(21)6(2-23)35-19(10)37-17-15(30)11(26)7(3-24)36-20(17)33-4-8-12(27)14(29)16(31)18(32)34-8/h6-20,23-24,26-32H,2-4,21H2,1H3,(H,22,25)/t6-,7-,8-,9-,10-,11-,12-,13+,14+,15+,16-,17+,18?,19+,20+/m1/s1. The second-order valence-electron chi connectivity index (χ2n) is 9.20. The molecular weight excluding hydrogens is 508 g/mol. The molecule has 15 atom stereocenters. The highest BCUT2D eigenvalue weighted by Gasteiger charge is 2.52. The van der Waals surface area contributed by atoms with Gasteiger partial charge in [0.1, 0.15) is 61.0 Å². The second-order valence-corrected chi connectivity index (χ2v) is 9.20. The molecule has 12 N–H and O–H groups in total. The molecule has 0 aromatic rings. The molecule has 37 heavy (non-hydrogen) atoms. The lowest BCUT2D eigenvalue weighted by Gasteiger charge is -2.47. The van der Waals surface area contributed by atoms with Gasteiger partial charge in [-0.25, -0.2) is 0 Å².